The summed E-state index contributed by atoms with van der Waals surface area (Å²) < 4.78 is 5.51. The lowest BCUT2D eigenvalue weighted by atomic mass is 10.0. The molecule has 5 nitrogen and oxygen atoms in total. The molecule has 1 aliphatic rings. The van der Waals surface area contributed by atoms with Gasteiger partial charge in [-0.1, -0.05) is 0 Å². The summed E-state index contributed by atoms with van der Waals surface area (Å²) in [6, 6.07) is 5.89. The standard InChI is InChI=1S/C13H17N3O2/c1-9-8-10(2-4-12(9)18-7-6-14)11-3-5-13(17)16-15-11/h2,4,8H,3,5-7,14H2,1H3,(H,16,17). The second kappa shape index (κ2) is 5.64. The first-order chi connectivity index (χ1) is 8.70. The average Bonchev–Trinajstić information content (AvgIpc) is 2.38. The van der Waals surface area contributed by atoms with Gasteiger partial charge in [0.05, 0.1) is 5.71 Å². The third-order valence-electron chi connectivity index (χ3n) is 2.79. The van der Waals surface area contributed by atoms with Crippen LogP contribution >= 0.6 is 0 Å². The zero-order valence-corrected chi connectivity index (χ0v) is 10.4. The molecule has 1 aromatic carbocycles. The van der Waals surface area contributed by atoms with E-state index in [1.54, 1.807) is 0 Å². The van der Waals surface area contributed by atoms with Gasteiger partial charge in [0.1, 0.15) is 12.4 Å². The smallest absolute Gasteiger partial charge is 0.240 e. The van der Waals surface area contributed by atoms with Crippen molar-refractivity contribution in [2.24, 2.45) is 10.8 Å². The minimum Gasteiger partial charge on any atom is -0.492 e. The van der Waals surface area contributed by atoms with Crippen molar-refractivity contribution in [3.8, 4) is 5.75 Å². The van der Waals surface area contributed by atoms with Crippen LogP contribution in [0.3, 0.4) is 0 Å². The number of rotatable bonds is 4. The Morgan fingerprint density at radius 3 is 2.89 bits per heavy atom. The van der Waals surface area contributed by atoms with Gasteiger partial charge >= 0.3 is 0 Å². The highest BCUT2D eigenvalue weighted by Gasteiger charge is 2.14. The molecule has 0 spiro atoms. The van der Waals surface area contributed by atoms with Crippen molar-refractivity contribution in [1.29, 1.82) is 0 Å². The predicted octanol–water partition coefficient (Wildman–Crippen LogP) is 0.947. The Morgan fingerprint density at radius 1 is 1.44 bits per heavy atom. The van der Waals surface area contributed by atoms with Gasteiger partial charge in [0.25, 0.3) is 0 Å². The molecule has 1 aliphatic heterocycles. The highest BCUT2D eigenvalue weighted by Crippen LogP contribution is 2.21. The second-order valence-corrected chi connectivity index (χ2v) is 4.21. The molecule has 96 valence electrons. The van der Waals surface area contributed by atoms with Crippen molar-refractivity contribution >= 4 is 11.6 Å². The molecular formula is C13H17N3O2. The summed E-state index contributed by atoms with van der Waals surface area (Å²) in [4.78, 5) is 11.0. The molecule has 0 saturated carbocycles. The average molecular weight is 247 g/mol. The quantitative estimate of drug-likeness (QED) is 0.831. The first-order valence-corrected chi connectivity index (χ1v) is 6.00. The fourth-order valence-corrected chi connectivity index (χ4v) is 1.84. The molecule has 5 heteroatoms. The summed E-state index contributed by atoms with van der Waals surface area (Å²) in [6.07, 6.45) is 1.16. The van der Waals surface area contributed by atoms with Gasteiger partial charge in [-0.3, -0.25) is 4.79 Å². The fraction of sp³-hybridized carbons (Fsp3) is 0.385. The Balaban J connectivity index is 2.16. The highest BCUT2D eigenvalue weighted by molar-refractivity contribution is 6.04. The van der Waals surface area contributed by atoms with E-state index in [9.17, 15) is 4.79 Å². The van der Waals surface area contributed by atoms with E-state index in [1.807, 2.05) is 25.1 Å². The number of hydrogen-bond acceptors (Lipinski definition) is 4. The van der Waals surface area contributed by atoms with Crippen molar-refractivity contribution in [3.63, 3.8) is 0 Å². The largest absolute Gasteiger partial charge is 0.492 e. The number of amides is 1. The van der Waals surface area contributed by atoms with Crippen LogP contribution < -0.4 is 15.9 Å². The van der Waals surface area contributed by atoms with Crippen LogP contribution in [-0.2, 0) is 4.79 Å². The molecule has 0 aromatic heterocycles. The lowest BCUT2D eigenvalue weighted by molar-refractivity contribution is -0.121. The molecule has 18 heavy (non-hydrogen) atoms. The van der Waals surface area contributed by atoms with Gasteiger partial charge in [-0.15, -0.1) is 0 Å². The number of carbonyl (C=O) groups is 1. The van der Waals surface area contributed by atoms with Crippen LogP contribution in [-0.4, -0.2) is 24.8 Å². The Labute approximate surface area is 106 Å². The number of aryl methyl sites for hydroxylation is 1. The van der Waals surface area contributed by atoms with Crippen LogP contribution in [0.25, 0.3) is 0 Å². The normalized spacial score (nSPS) is 15.0. The van der Waals surface area contributed by atoms with Gasteiger partial charge in [0.2, 0.25) is 5.91 Å². The van der Waals surface area contributed by atoms with Crippen molar-refractivity contribution in [1.82, 2.24) is 5.43 Å². The minimum atomic E-state index is -0.0293. The minimum absolute atomic E-state index is 0.0293. The summed E-state index contributed by atoms with van der Waals surface area (Å²) in [7, 11) is 0. The van der Waals surface area contributed by atoms with Crippen LogP contribution in [0.15, 0.2) is 23.3 Å². The molecule has 2 rings (SSSR count). The summed E-state index contributed by atoms with van der Waals surface area (Å²) in [5.41, 5.74) is 10.9. The third-order valence-corrected chi connectivity index (χ3v) is 2.79. The zero-order chi connectivity index (χ0) is 13.0. The van der Waals surface area contributed by atoms with E-state index in [1.165, 1.54) is 0 Å². The number of benzene rings is 1. The number of hydrazone groups is 1. The van der Waals surface area contributed by atoms with E-state index >= 15 is 0 Å². The number of hydrogen-bond donors (Lipinski definition) is 2. The Kier molecular flexibility index (Phi) is 3.94. The van der Waals surface area contributed by atoms with Crippen LogP contribution in [0.4, 0.5) is 0 Å². The fourth-order valence-electron chi connectivity index (χ4n) is 1.84. The van der Waals surface area contributed by atoms with Crippen LogP contribution in [0.2, 0.25) is 0 Å². The number of ether oxygens (including phenoxy) is 1. The monoisotopic (exact) mass is 247 g/mol. The molecule has 1 amide bonds. The van der Waals surface area contributed by atoms with Gasteiger partial charge in [-0.2, -0.15) is 5.10 Å². The predicted molar refractivity (Wildman–Crippen MR) is 69.6 cm³/mol. The number of carbonyl (C=O) groups excluding carboxylic acids is 1. The SMILES string of the molecule is Cc1cc(C2=NNC(=O)CC2)ccc1OCCN. The van der Waals surface area contributed by atoms with Gasteiger partial charge in [-0.25, -0.2) is 5.43 Å². The van der Waals surface area contributed by atoms with E-state index in [2.05, 4.69) is 10.5 Å². The van der Waals surface area contributed by atoms with Crippen LogP contribution in [0.1, 0.15) is 24.0 Å². The number of nitrogens with one attached hydrogen (secondary N) is 1. The van der Waals surface area contributed by atoms with Crippen molar-refractivity contribution in [2.45, 2.75) is 19.8 Å². The lowest BCUT2D eigenvalue weighted by Gasteiger charge is -2.14. The molecule has 0 bridgehead atoms. The zero-order valence-electron chi connectivity index (χ0n) is 10.4. The maximum absolute atomic E-state index is 11.0. The molecule has 3 N–H and O–H groups in total. The molecule has 0 unspecified atom stereocenters. The number of nitrogens with two attached hydrogens (primary N) is 1. The Morgan fingerprint density at radius 2 is 2.28 bits per heavy atom. The molecule has 1 heterocycles. The summed E-state index contributed by atoms with van der Waals surface area (Å²) in [6.45, 7) is 2.99. The van der Waals surface area contributed by atoms with Crippen LogP contribution in [0.5, 0.6) is 5.75 Å². The summed E-state index contributed by atoms with van der Waals surface area (Å²) in [5.74, 6) is 0.808. The van der Waals surface area contributed by atoms with Gasteiger partial charge < -0.3 is 10.5 Å². The first-order valence-electron chi connectivity index (χ1n) is 6.00. The second-order valence-electron chi connectivity index (χ2n) is 4.21. The Bertz CT molecular complexity index is 483. The van der Waals surface area contributed by atoms with E-state index < -0.39 is 0 Å². The molecule has 0 radical (unpaired) electrons. The van der Waals surface area contributed by atoms with Gasteiger partial charge in [-0.05, 0) is 36.2 Å². The molecular weight excluding hydrogens is 230 g/mol. The lowest BCUT2D eigenvalue weighted by Crippen LogP contribution is -2.25. The van der Waals surface area contributed by atoms with Crippen molar-refractivity contribution in [2.75, 3.05) is 13.2 Å². The Hall–Kier alpha value is -1.88. The van der Waals surface area contributed by atoms with E-state index in [4.69, 9.17) is 10.5 Å². The van der Waals surface area contributed by atoms with Crippen LogP contribution in [0, 0.1) is 6.92 Å². The number of nitrogens with zero attached hydrogens (tertiary/aromatic N) is 1. The van der Waals surface area contributed by atoms with Crippen molar-refractivity contribution < 1.29 is 9.53 Å². The third kappa shape index (κ3) is 2.87. The molecule has 0 saturated heterocycles. The molecule has 0 fully saturated rings. The highest BCUT2D eigenvalue weighted by atomic mass is 16.5. The van der Waals surface area contributed by atoms with Gasteiger partial charge in [0.15, 0.2) is 0 Å². The first kappa shape index (κ1) is 12.6. The summed E-state index contributed by atoms with van der Waals surface area (Å²) in [5, 5.41) is 4.07. The molecule has 0 atom stereocenters. The van der Waals surface area contributed by atoms with Crippen molar-refractivity contribution in [3.05, 3.63) is 29.3 Å². The maximum atomic E-state index is 11.0. The summed E-state index contributed by atoms with van der Waals surface area (Å²) >= 11 is 0. The topological polar surface area (TPSA) is 76.7 Å². The molecule has 0 aliphatic carbocycles. The van der Waals surface area contributed by atoms with E-state index in [0.29, 0.717) is 26.0 Å². The molecule has 1 aromatic rings. The maximum Gasteiger partial charge on any atom is 0.240 e. The van der Waals surface area contributed by atoms with Gasteiger partial charge in [0, 0.05) is 19.4 Å². The van der Waals surface area contributed by atoms with E-state index in [0.717, 1.165) is 22.6 Å². The van der Waals surface area contributed by atoms with E-state index in [-0.39, 0.29) is 5.91 Å².